The lowest BCUT2D eigenvalue weighted by Crippen LogP contribution is -2.00. The Kier molecular flexibility index (Phi) is 4.64. The van der Waals surface area contributed by atoms with Crippen LogP contribution in [0.1, 0.15) is 11.1 Å². The fourth-order valence-electron chi connectivity index (χ4n) is 2.37. The Bertz CT molecular complexity index is 773. The zero-order chi connectivity index (χ0) is 16.1. The molecule has 0 bridgehead atoms. The van der Waals surface area contributed by atoms with Crippen molar-refractivity contribution in [2.75, 3.05) is 0 Å². The summed E-state index contributed by atoms with van der Waals surface area (Å²) in [5.41, 5.74) is 9.30. The molecular formula is C19H17FN2O. The number of nitrogens with two attached hydrogens (primary N) is 1. The molecular weight excluding hydrogens is 291 g/mol. The summed E-state index contributed by atoms with van der Waals surface area (Å²) in [5, 5.41) is 0. The molecule has 0 unspecified atom stereocenters. The summed E-state index contributed by atoms with van der Waals surface area (Å²) in [6.07, 6.45) is 1.72. The molecule has 0 spiro atoms. The number of pyridine rings is 1. The fourth-order valence-corrected chi connectivity index (χ4v) is 2.37. The predicted octanol–water partition coefficient (Wildman–Crippen LogP) is 3.93. The van der Waals surface area contributed by atoms with Crippen molar-refractivity contribution in [2.45, 2.75) is 13.2 Å². The maximum absolute atomic E-state index is 13.3. The quantitative estimate of drug-likeness (QED) is 0.777. The fraction of sp³-hybridized carbons (Fsp3) is 0.105. The van der Waals surface area contributed by atoms with Crippen molar-refractivity contribution in [3.63, 3.8) is 0 Å². The molecule has 23 heavy (non-hydrogen) atoms. The maximum Gasteiger partial charge on any atom is 0.213 e. The van der Waals surface area contributed by atoms with Gasteiger partial charge >= 0.3 is 0 Å². The van der Waals surface area contributed by atoms with E-state index < -0.39 is 0 Å². The van der Waals surface area contributed by atoms with E-state index in [4.69, 9.17) is 10.5 Å². The normalized spacial score (nSPS) is 10.5. The van der Waals surface area contributed by atoms with Gasteiger partial charge < -0.3 is 10.5 Å². The van der Waals surface area contributed by atoms with Gasteiger partial charge in [-0.25, -0.2) is 9.37 Å². The molecule has 4 heteroatoms. The third-order valence-electron chi connectivity index (χ3n) is 3.56. The lowest BCUT2D eigenvalue weighted by molar-refractivity contribution is 0.294. The summed E-state index contributed by atoms with van der Waals surface area (Å²) in [6, 6.07) is 18.2. The van der Waals surface area contributed by atoms with Gasteiger partial charge in [0.25, 0.3) is 0 Å². The number of benzene rings is 2. The molecule has 0 saturated carbocycles. The molecule has 0 saturated heterocycles. The number of halogens is 1. The molecule has 3 nitrogen and oxygen atoms in total. The zero-order valence-electron chi connectivity index (χ0n) is 12.6. The number of aromatic nitrogens is 1. The highest BCUT2D eigenvalue weighted by molar-refractivity contribution is 5.66. The van der Waals surface area contributed by atoms with Crippen LogP contribution >= 0.6 is 0 Å². The molecule has 0 fully saturated rings. The lowest BCUT2D eigenvalue weighted by Gasteiger charge is -2.09. The van der Waals surface area contributed by atoms with Crippen LogP contribution < -0.4 is 10.5 Å². The van der Waals surface area contributed by atoms with Crippen LogP contribution in [0.2, 0.25) is 0 Å². The van der Waals surface area contributed by atoms with Crippen molar-refractivity contribution < 1.29 is 9.13 Å². The maximum atomic E-state index is 13.3. The topological polar surface area (TPSA) is 48.1 Å². The van der Waals surface area contributed by atoms with Crippen LogP contribution in [0.25, 0.3) is 11.1 Å². The number of nitrogens with zero attached hydrogens (tertiary/aromatic N) is 1. The van der Waals surface area contributed by atoms with Crippen LogP contribution in [0.4, 0.5) is 4.39 Å². The molecule has 0 amide bonds. The first kappa shape index (κ1) is 15.2. The van der Waals surface area contributed by atoms with Gasteiger partial charge in [-0.1, -0.05) is 36.4 Å². The molecule has 2 N–H and O–H groups in total. The summed E-state index contributed by atoms with van der Waals surface area (Å²) in [7, 11) is 0. The second-order valence-corrected chi connectivity index (χ2v) is 5.16. The summed E-state index contributed by atoms with van der Waals surface area (Å²) in [4.78, 5) is 4.31. The van der Waals surface area contributed by atoms with Gasteiger partial charge in [0.2, 0.25) is 5.88 Å². The van der Waals surface area contributed by atoms with Gasteiger partial charge in [-0.3, -0.25) is 0 Å². The van der Waals surface area contributed by atoms with Crippen LogP contribution in [-0.2, 0) is 13.2 Å². The van der Waals surface area contributed by atoms with E-state index in [0.717, 1.165) is 22.3 Å². The number of hydrogen-bond donors (Lipinski definition) is 1. The molecule has 0 aliphatic rings. The van der Waals surface area contributed by atoms with Crippen molar-refractivity contribution in [1.82, 2.24) is 4.98 Å². The third-order valence-corrected chi connectivity index (χ3v) is 3.56. The van der Waals surface area contributed by atoms with Crippen molar-refractivity contribution in [1.29, 1.82) is 0 Å². The Labute approximate surface area is 134 Å². The third kappa shape index (κ3) is 3.73. The number of ether oxygens (including phenoxy) is 1. The average molecular weight is 308 g/mol. The second kappa shape index (κ2) is 7.03. The second-order valence-electron chi connectivity index (χ2n) is 5.16. The molecule has 0 radical (unpaired) electrons. The van der Waals surface area contributed by atoms with E-state index in [0.29, 0.717) is 12.5 Å². The Morgan fingerprint density at radius 1 is 1.00 bits per heavy atom. The van der Waals surface area contributed by atoms with Gasteiger partial charge in [-0.05, 0) is 34.9 Å². The molecule has 3 aromatic rings. The molecule has 1 heterocycles. The van der Waals surface area contributed by atoms with E-state index in [1.807, 2.05) is 42.5 Å². The van der Waals surface area contributed by atoms with E-state index >= 15 is 0 Å². The van der Waals surface area contributed by atoms with Crippen molar-refractivity contribution >= 4 is 0 Å². The average Bonchev–Trinajstić information content (AvgIpc) is 2.61. The van der Waals surface area contributed by atoms with Crippen molar-refractivity contribution in [3.05, 3.63) is 83.8 Å². The molecule has 1 aromatic heterocycles. The van der Waals surface area contributed by atoms with Crippen LogP contribution in [0.3, 0.4) is 0 Å². The Hall–Kier alpha value is -2.72. The minimum Gasteiger partial charge on any atom is -0.473 e. The zero-order valence-corrected chi connectivity index (χ0v) is 12.6. The molecule has 0 aliphatic carbocycles. The highest BCUT2D eigenvalue weighted by Crippen LogP contribution is 2.25. The summed E-state index contributed by atoms with van der Waals surface area (Å²) >= 11 is 0. The van der Waals surface area contributed by atoms with E-state index in [2.05, 4.69) is 4.98 Å². The molecule has 0 aliphatic heterocycles. The smallest absolute Gasteiger partial charge is 0.213 e. The van der Waals surface area contributed by atoms with E-state index in [9.17, 15) is 4.39 Å². The van der Waals surface area contributed by atoms with Crippen LogP contribution in [-0.4, -0.2) is 4.98 Å². The van der Waals surface area contributed by atoms with Gasteiger partial charge in [0.05, 0.1) is 0 Å². The summed E-state index contributed by atoms with van der Waals surface area (Å²) < 4.78 is 18.9. The van der Waals surface area contributed by atoms with Gasteiger partial charge in [-0.2, -0.15) is 0 Å². The highest BCUT2D eigenvalue weighted by atomic mass is 19.1. The Balaban J connectivity index is 1.74. The van der Waals surface area contributed by atoms with Crippen molar-refractivity contribution in [3.8, 4) is 17.0 Å². The molecule has 0 atom stereocenters. The monoisotopic (exact) mass is 308 g/mol. The Morgan fingerprint density at radius 3 is 2.52 bits per heavy atom. The Morgan fingerprint density at radius 2 is 1.83 bits per heavy atom. The van der Waals surface area contributed by atoms with E-state index in [-0.39, 0.29) is 12.4 Å². The van der Waals surface area contributed by atoms with Crippen LogP contribution in [0.5, 0.6) is 5.88 Å². The van der Waals surface area contributed by atoms with Gasteiger partial charge in [0.15, 0.2) is 0 Å². The first-order chi connectivity index (χ1) is 11.3. The minimum atomic E-state index is -0.287. The van der Waals surface area contributed by atoms with Crippen LogP contribution in [0, 0.1) is 5.82 Å². The standard InChI is InChI=1S/C19H17FN2O/c20-17-7-8-18(16(10-17)11-21)15-6-9-19(22-12-15)23-13-14-4-2-1-3-5-14/h1-10,12H,11,13,21H2. The number of rotatable bonds is 5. The highest BCUT2D eigenvalue weighted by Gasteiger charge is 2.06. The predicted molar refractivity (Wildman–Crippen MR) is 88.3 cm³/mol. The SMILES string of the molecule is NCc1cc(F)ccc1-c1ccc(OCc2ccccc2)nc1. The van der Waals surface area contributed by atoms with E-state index in [1.54, 1.807) is 12.3 Å². The molecule has 3 rings (SSSR count). The largest absolute Gasteiger partial charge is 0.473 e. The van der Waals surface area contributed by atoms with Crippen LogP contribution in [0.15, 0.2) is 66.9 Å². The van der Waals surface area contributed by atoms with Gasteiger partial charge in [-0.15, -0.1) is 0 Å². The lowest BCUT2D eigenvalue weighted by atomic mass is 10.0. The summed E-state index contributed by atoms with van der Waals surface area (Å²) in [5.74, 6) is 0.263. The van der Waals surface area contributed by atoms with E-state index in [1.165, 1.54) is 12.1 Å². The molecule has 2 aromatic carbocycles. The van der Waals surface area contributed by atoms with Crippen molar-refractivity contribution in [2.24, 2.45) is 5.73 Å². The first-order valence-corrected chi connectivity index (χ1v) is 7.38. The first-order valence-electron chi connectivity index (χ1n) is 7.38. The minimum absolute atomic E-state index is 0.277. The molecule has 116 valence electrons. The van der Waals surface area contributed by atoms with Gasteiger partial charge in [0.1, 0.15) is 12.4 Å². The number of hydrogen-bond acceptors (Lipinski definition) is 3. The van der Waals surface area contributed by atoms with Gasteiger partial charge in [0, 0.05) is 24.4 Å². The summed E-state index contributed by atoms with van der Waals surface area (Å²) in [6.45, 7) is 0.747.